The summed E-state index contributed by atoms with van der Waals surface area (Å²) in [5.74, 6) is -1.41. The average molecular weight is 332 g/mol. The van der Waals surface area contributed by atoms with Crippen LogP contribution in [0.3, 0.4) is 0 Å². The number of halogens is 1. The maximum absolute atomic E-state index is 12.5. The van der Waals surface area contributed by atoms with Gasteiger partial charge in [-0.1, -0.05) is 43.5 Å². The molecule has 0 saturated heterocycles. The van der Waals surface area contributed by atoms with Gasteiger partial charge in [0.15, 0.2) is 0 Å². The zero-order valence-electron chi connectivity index (χ0n) is 11.7. The molecule has 0 spiro atoms. The summed E-state index contributed by atoms with van der Waals surface area (Å²) < 4.78 is 27.4. The Balaban J connectivity index is 2.42. The zero-order chi connectivity index (χ0) is 15.7. The summed E-state index contributed by atoms with van der Waals surface area (Å²) in [7, 11) is -3.99. The van der Waals surface area contributed by atoms with E-state index in [9.17, 15) is 18.3 Å². The Bertz CT molecular complexity index is 646. The minimum atomic E-state index is -3.99. The first-order valence-electron chi connectivity index (χ1n) is 6.81. The van der Waals surface area contributed by atoms with Gasteiger partial charge >= 0.3 is 5.97 Å². The molecular formula is C14H18ClNO4S. The number of benzene rings is 1. The van der Waals surface area contributed by atoms with Gasteiger partial charge in [0.1, 0.15) is 10.4 Å². The van der Waals surface area contributed by atoms with Crippen molar-refractivity contribution in [2.45, 2.75) is 43.0 Å². The molecular weight excluding hydrogens is 314 g/mol. The standard InChI is InChI=1S/C14H18ClNO4S/c1-10-6-4-5-9-14(10,13(17)18)16-21(19,20)12-8-3-2-7-11(12)15/h2-3,7-8,10,16H,4-6,9H2,1H3,(H,17,18). The van der Waals surface area contributed by atoms with Crippen LogP contribution in [0.5, 0.6) is 0 Å². The molecule has 1 fully saturated rings. The van der Waals surface area contributed by atoms with E-state index in [1.165, 1.54) is 12.1 Å². The van der Waals surface area contributed by atoms with Crippen molar-refractivity contribution in [2.75, 3.05) is 0 Å². The number of hydrogen-bond donors (Lipinski definition) is 2. The molecule has 7 heteroatoms. The van der Waals surface area contributed by atoms with Gasteiger partial charge in [0.05, 0.1) is 5.02 Å². The van der Waals surface area contributed by atoms with Crippen LogP contribution in [0.1, 0.15) is 32.6 Å². The molecule has 0 aromatic heterocycles. The molecule has 0 amide bonds. The summed E-state index contributed by atoms with van der Waals surface area (Å²) in [6.45, 7) is 1.77. The fraction of sp³-hybridized carbons (Fsp3) is 0.500. The maximum Gasteiger partial charge on any atom is 0.325 e. The molecule has 2 unspecified atom stereocenters. The van der Waals surface area contributed by atoms with E-state index in [-0.39, 0.29) is 22.3 Å². The van der Waals surface area contributed by atoms with Crippen LogP contribution in [0.25, 0.3) is 0 Å². The molecule has 2 rings (SSSR count). The molecule has 5 nitrogen and oxygen atoms in total. The summed E-state index contributed by atoms with van der Waals surface area (Å²) in [4.78, 5) is 11.6. The number of carboxylic acid groups (broad SMARTS) is 1. The number of rotatable bonds is 4. The number of carboxylic acids is 1. The summed E-state index contributed by atoms with van der Waals surface area (Å²) in [5, 5.41) is 9.66. The normalized spacial score (nSPS) is 26.5. The third-order valence-corrected chi connectivity index (χ3v) is 6.13. The zero-order valence-corrected chi connectivity index (χ0v) is 13.2. The molecule has 0 radical (unpaired) electrons. The van der Waals surface area contributed by atoms with Crippen molar-refractivity contribution in [3.63, 3.8) is 0 Å². The molecule has 2 N–H and O–H groups in total. The molecule has 0 heterocycles. The fourth-order valence-corrected chi connectivity index (χ4v) is 4.82. The highest BCUT2D eigenvalue weighted by molar-refractivity contribution is 7.89. The third kappa shape index (κ3) is 3.07. The van der Waals surface area contributed by atoms with E-state index in [1.807, 2.05) is 0 Å². The molecule has 1 aliphatic carbocycles. The summed E-state index contributed by atoms with van der Waals surface area (Å²) in [6, 6.07) is 6.01. The van der Waals surface area contributed by atoms with Gasteiger partial charge < -0.3 is 5.11 Å². The summed E-state index contributed by atoms with van der Waals surface area (Å²) >= 11 is 5.92. The van der Waals surface area contributed by atoms with E-state index in [0.717, 1.165) is 6.42 Å². The maximum atomic E-state index is 12.5. The molecule has 1 aromatic carbocycles. The molecule has 0 aliphatic heterocycles. The van der Waals surface area contributed by atoms with Crippen molar-refractivity contribution in [3.05, 3.63) is 29.3 Å². The smallest absolute Gasteiger partial charge is 0.325 e. The highest BCUT2D eigenvalue weighted by Gasteiger charge is 2.48. The fourth-order valence-electron chi connectivity index (χ4n) is 2.82. The van der Waals surface area contributed by atoms with Crippen molar-refractivity contribution < 1.29 is 18.3 Å². The first-order valence-corrected chi connectivity index (χ1v) is 8.67. The SMILES string of the molecule is CC1CCCCC1(NS(=O)(=O)c1ccccc1Cl)C(=O)O. The number of carbonyl (C=O) groups is 1. The van der Waals surface area contributed by atoms with Crippen LogP contribution in [-0.2, 0) is 14.8 Å². The molecule has 1 aliphatic rings. The predicted molar refractivity (Wildman–Crippen MR) is 79.8 cm³/mol. The second-order valence-electron chi connectivity index (χ2n) is 5.46. The lowest BCUT2D eigenvalue weighted by Crippen LogP contribution is -2.59. The highest BCUT2D eigenvalue weighted by atomic mass is 35.5. The van der Waals surface area contributed by atoms with Crippen LogP contribution in [0.15, 0.2) is 29.2 Å². The van der Waals surface area contributed by atoms with Crippen LogP contribution in [0.2, 0.25) is 5.02 Å². The Labute approximate surface area is 129 Å². The second-order valence-corrected chi connectivity index (χ2v) is 7.52. The van der Waals surface area contributed by atoms with Gasteiger partial charge in [-0.25, -0.2) is 8.42 Å². The first-order chi connectivity index (χ1) is 9.79. The van der Waals surface area contributed by atoms with Gasteiger partial charge in [-0.05, 0) is 30.9 Å². The molecule has 1 saturated carbocycles. The van der Waals surface area contributed by atoms with Crippen molar-refractivity contribution in [3.8, 4) is 0 Å². The molecule has 116 valence electrons. The van der Waals surface area contributed by atoms with Gasteiger partial charge in [-0.2, -0.15) is 4.72 Å². The van der Waals surface area contributed by atoms with Crippen LogP contribution in [0, 0.1) is 5.92 Å². The molecule has 1 aromatic rings. The van der Waals surface area contributed by atoms with E-state index in [0.29, 0.717) is 12.8 Å². The van der Waals surface area contributed by atoms with Crippen LogP contribution >= 0.6 is 11.6 Å². The van der Waals surface area contributed by atoms with Crippen LogP contribution in [0.4, 0.5) is 0 Å². The van der Waals surface area contributed by atoms with Crippen LogP contribution in [-0.4, -0.2) is 25.0 Å². The van der Waals surface area contributed by atoms with Crippen molar-refractivity contribution in [2.24, 2.45) is 5.92 Å². The van der Waals surface area contributed by atoms with E-state index in [2.05, 4.69) is 4.72 Å². The Morgan fingerprint density at radius 2 is 2.05 bits per heavy atom. The average Bonchev–Trinajstić information content (AvgIpc) is 2.41. The number of nitrogens with one attached hydrogen (secondary N) is 1. The van der Waals surface area contributed by atoms with Gasteiger partial charge in [-0.15, -0.1) is 0 Å². The quantitative estimate of drug-likeness (QED) is 0.888. The Morgan fingerprint density at radius 3 is 2.62 bits per heavy atom. The van der Waals surface area contributed by atoms with E-state index in [4.69, 9.17) is 11.6 Å². The topological polar surface area (TPSA) is 83.5 Å². The number of sulfonamides is 1. The largest absolute Gasteiger partial charge is 0.480 e. The summed E-state index contributed by atoms with van der Waals surface area (Å²) in [6.07, 6.45) is 2.55. The lowest BCUT2D eigenvalue weighted by atomic mass is 9.74. The molecule has 2 atom stereocenters. The van der Waals surface area contributed by atoms with Crippen molar-refractivity contribution >= 4 is 27.6 Å². The van der Waals surface area contributed by atoms with Gasteiger partial charge in [0.2, 0.25) is 10.0 Å². The third-order valence-electron chi connectivity index (χ3n) is 4.12. The van der Waals surface area contributed by atoms with E-state index in [1.54, 1.807) is 19.1 Å². The van der Waals surface area contributed by atoms with Crippen LogP contribution < -0.4 is 4.72 Å². The molecule has 0 bridgehead atoms. The first kappa shape index (κ1) is 16.3. The summed E-state index contributed by atoms with van der Waals surface area (Å²) in [5.41, 5.74) is -1.46. The minimum absolute atomic E-state index is 0.0778. The second kappa shape index (κ2) is 5.94. The van der Waals surface area contributed by atoms with E-state index >= 15 is 0 Å². The van der Waals surface area contributed by atoms with Gasteiger partial charge in [0, 0.05) is 0 Å². The minimum Gasteiger partial charge on any atom is -0.480 e. The Hall–Kier alpha value is -1.11. The Kier molecular flexibility index (Phi) is 4.60. The highest BCUT2D eigenvalue weighted by Crippen LogP contribution is 2.35. The predicted octanol–water partition coefficient (Wildman–Crippen LogP) is 2.65. The monoisotopic (exact) mass is 331 g/mol. The number of hydrogen-bond acceptors (Lipinski definition) is 3. The van der Waals surface area contributed by atoms with Crippen molar-refractivity contribution in [1.29, 1.82) is 0 Å². The van der Waals surface area contributed by atoms with Gasteiger partial charge in [0.25, 0.3) is 0 Å². The molecule has 21 heavy (non-hydrogen) atoms. The number of aliphatic carboxylic acids is 1. The lowest BCUT2D eigenvalue weighted by Gasteiger charge is -2.39. The lowest BCUT2D eigenvalue weighted by molar-refractivity contribution is -0.147. The van der Waals surface area contributed by atoms with Gasteiger partial charge in [-0.3, -0.25) is 4.79 Å². The van der Waals surface area contributed by atoms with E-state index < -0.39 is 21.5 Å². The Morgan fingerprint density at radius 1 is 1.38 bits per heavy atom. The van der Waals surface area contributed by atoms with Crippen molar-refractivity contribution in [1.82, 2.24) is 4.72 Å².